The minimum atomic E-state index is -0.113. The zero-order valence-corrected chi connectivity index (χ0v) is 18.6. The van der Waals surface area contributed by atoms with Gasteiger partial charge in [0.2, 0.25) is 0 Å². The number of guanidine groups is 1. The SMILES string of the molecule is CC(NC(N)=NCc1ccc2c(c1)C(=O)NCC2)c1ccc(Cl)cc1Cl.I. The lowest BCUT2D eigenvalue weighted by Gasteiger charge is -2.17. The number of halogens is 3. The lowest BCUT2D eigenvalue weighted by atomic mass is 9.98. The van der Waals surface area contributed by atoms with Crippen molar-refractivity contribution >= 4 is 59.0 Å². The Morgan fingerprint density at radius 1 is 1.30 bits per heavy atom. The van der Waals surface area contributed by atoms with Crippen molar-refractivity contribution in [3.8, 4) is 0 Å². The maximum absolute atomic E-state index is 11.9. The van der Waals surface area contributed by atoms with Gasteiger partial charge < -0.3 is 16.4 Å². The van der Waals surface area contributed by atoms with Crippen LogP contribution in [-0.4, -0.2) is 18.4 Å². The Kier molecular flexibility index (Phi) is 7.76. The molecule has 1 aliphatic rings. The van der Waals surface area contributed by atoms with Gasteiger partial charge in [-0.3, -0.25) is 4.79 Å². The molecule has 0 spiro atoms. The predicted octanol–water partition coefficient (Wildman–Crippen LogP) is 4.06. The monoisotopic (exact) mass is 518 g/mol. The molecule has 27 heavy (non-hydrogen) atoms. The number of nitrogens with two attached hydrogens (primary N) is 1. The van der Waals surface area contributed by atoms with Gasteiger partial charge >= 0.3 is 0 Å². The fourth-order valence-corrected chi connectivity index (χ4v) is 3.50. The molecule has 0 bridgehead atoms. The maximum atomic E-state index is 11.9. The van der Waals surface area contributed by atoms with Crippen molar-refractivity contribution < 1.29 is 4.79 Å². The van der Waals surface area contributed by atoms with Crippen molar-refractivity contribution in [1.82, 2.24) is 10.6 Å². The Morgan fingerprint density at radius 3 is 2.81 bits per heavy atom. The van der Waals surface area contributed by atoms with Gasteiger partial charge in [-0.05, 0) is 48.2 Å². The van der Waals surface area contributed by atoms with Crippen molar-refractivity contribution in [2.75, 3.05) is 6.54 Å². The minimum Gasteiger partial charge on any atom is -0.370 e. The van der Waals surface area contributed by atoms with Gasteiger partial charge in [-0.15, -0.1) is 24.0 Å². The molecule has 0 saturated heterocycles. The zero-order valence-electron chi connectivity index (χ0n) is 14.8. The maximum Gasteiger partial charge on any atom is 0.251 e. The fraction of sp³-hybridized carbons (Fsp3) is 0.263. The Labute approximate surface area is 185 Å². The molecule has 5 nitrogen and oxygen atoms in total. The summed E-state index contributed by atoms with van der Waals surface area (Å²) >= 11 is 12.1. The number of fused-ring (bicyclic) bond motifs is 1. The first-order chi connectivity index (χ1) is 12.4. The third kappa shape index (κ3) is 5.49. The summed E-state index contributed by atoms with van der Waals surface area (Å²) in [5.41, 5.74) is 9.60. The van der Waals surface area contributed by atoms with E-state index in [4.69, 9.17) is 28.9 Å². The third-order valence-electron chi connectivity index (χ3n) is 4.32. The van der Waals surface area contributed by atoms with Crippen LogP contribution in [0.1, 0.15) is 40.0 Å². The van der Waals surface area contributed by atoms with E-state index < -0.39 is 0 Å². The summed E-state index contributed by atoms with van der Waals surface area (Å²) in [6.45, 7) is 3.02. The molecule has 1 amide bonds. The standard InChI is InChI=1S/C19H20Cl2N4O.HI/c1-11(15-5-4-14(20)9-17(15)21)25-19(22)24-10-12-2-3-13-6-7-23-18(26)16(13)8-12;/h2-5,8-9,11H,6-7,10H2,1H3,(H,23,26)(H3,22,24,25);1H. The first-order valence-corrected chi connectivity index (χ1v) is 9.11. The topological polar surface area (TPSA) is 79.5 Å². The van der Waals surface area contributed by atoms with Crippen LogP contribution in [-0.2, 0) is 13.0 Å². The highest BCUT2D eigenvalue weighted by Gasteiger charge is 2.16. The first kappa shape index (κ1) is 21.8. The minimum absolute atomic E-state index is 0. The van der Waals surface area contributed by atoms with E-state index in [1.165, 1.54) is 0 Å². The summed E-state index contributed by atoms with van der Waals surface area (Å²) in [5.74, 6) is 0.278. The normalized spacial score (nSPS) is 14.6. The van der Waals surface area contributed by atoms with Crippen molar-refractivity contribution in [3.05, 3.63) is 68.7 Å². The molecule has 144 valence electrons. The average Bonchev–Trinajstić information content (AvgIpc) is 2.60. The molecule has 1 unspecified atom stereocenters. The van der Waals surface area contributed by atoms with Crippen LogP contribution in [0.2, 0.25) is 10.0 Å². The lowest BCUT2D eigenvalue weighted by molar-refractivity contribution is 0.0946. The summed E-state index contributed by atoms with van der Waals surface area (Å²) in [5, 5.41) is 7.13. The van der Waals surface area contributed by atoms with Crippen LogP contribution in [0.25, 0.3) is 0 Å². The molecule has 4 N–H and O–H groups in total. The summed E-state index contributed by atoms with van der Waals surface area (Å²) < 4.78 is 0. The van der Waals surface area contributed by atoms with Crippen molar-refractivity contribution in [3.63, 3.8) is 0 Å². The van der Waals surface area contributed by atoms with E-state index in [1.807, 2.05) is 31.2 Å². The van der Waals surface area contributed by atoms with Crippen LogP contribution in [0.5, 0.6) is 0 Å². The van der Waals surface area contributed by atoms with Crippen LogP contribution in [0.3, 0.4) is 0 Å². The molecule has 1 aliphatic heterocycles. The second kappa shape index (κ2) is 9.61. The number of amides is 1. The number of rotatable bonds is 4. The van der Waals surface area contributed by atoms with Gasteiger partial charge in [0.05, 0.1) is 12.6 Å². The van der Waals surface area contributed by atoms with Crippen LogP contribution in [0.4, 0.5) is 0 Å². The fourth-order valence-electron chi connectivity index (χ4n) is 2.93. The molecule has 0 aromatic heterocycles. The van der Waals surface area contributed by atoms with Gasteiger partial charge in [0.1, 0.15) is 0 Å². The van der Waals surface area contributed by atoms with Crippen LogP contribution >= 0.6 is 47.2 Å². The van der Waals surface area contributed by atoms with Gasteiger partial charge in [0.15, 0.2) is 5.96 Å². The second-order valence-corrected chi connectivity index (χ2v) is 7.07. The van der Waals surface area contributed by atoms with Crippen molar-refractivity contribution in [2.45, 2.75) is 25.9 Å². The predicted molar refractivity (Wildman–Crippen MR) is 121 cm³/mol. The van der Waals surface area contributed by atoms with E-state index in [0.717, 1.165) is 28.7 Å². The number of nitrogens with one attached hydrogen (secondary N) is 2. The molecule has 2 aromatic rings. The van der Waals surface area contributed by atoms with Gasteiger partial charge in [0, 0.05) is 22.2 Å². The molecular weight excluding hydrogens is 498 g/mol. The molecule has 2 aromatic carbocycles. The van der Waals surface area contributed by atoms with E-state index in [2.05, 4.69) is 15.6 Å². The summed E-state index contributed by atoms with van der Waals surface area (Å²) in [6, 6.07) is 11.1. The quantitative estimate of drug-likeness (QED) is 0.324. The van der Waals surface area contributed by atoms with Crippen LogP contribution in [0.15, 0.2) is 41.4 Å². The lowest BCUT2D eigenvalue weighted by Crippen LogP contribution is -2.34. The molecule has 1 heterocycles. The molecule has 0 saturated carbocycles. The molecule has 8 heteroatoms. The molecule has 0 radical (unpaired) electrons. The van der Waals surface area contributed by atoms with E-state index in [9.17, 15) is 4.79 Å². The number of hydrogen-bond acceptors (Lipinski definition) is 2. The Morgan fingerprint density at radius 2 is 2.07 bits per heavy atom. The van der Waals surface area contributed by atoms with E-state index >= 15 is 0 Å². The number of carbonyl (C=O) groups is 1. The van der Waals surface area contributed by atoms with E-state index in [-0.39, 0.29) is 35.9 Å². The van der Waals surface area contributed by atoms with Crippen LogP contribution in [0, 0.1) is 0 Å². The van der Waals surface area contributed by atoms with Gasteiger partial charge in [-0.25, -0.2) is 4.99 Å². The van der Waals surface area contributed by atoms with E-state index in [0.29, 0.717) is 29.1 Å². The molecule has 0 aliphatic carbocycles. The van der Waals surface area contributed by atoms with Crippen LogP contribution < -0.4 is 16.4 Å². The Balaban J connectivity index is 0.00000261. The second-order valence-electron chi connectivity index (χ2n) is 6.23. The first-order valence-electron chi connectivity index (χ1n) is 8.35. The summed E-state index contributed by atoms with van der Waals surface area (Å²) in [4.78, 5) is 16.3. The molecule has 3 rings (SSSR count). The highest BCUT2D eigenvalue weighted by Crippen LogP contribution is 2.26. The Hall–Kier alpha value is -1.51. The van der Waals surface area contributed by atoms with Gasteiger partial charge in [-0.1, -0.05) is 41.4 Å². The van der Waals surface area contributed by atoms with Crippen molar-refractivity contribution in [1.29, 1.82) is 0 Å². The summed E-state index contributed by atoms with van der Waals surface area (Å²) in [6.07, 6.45) is 0.855. The van der Waals surface area contributed by atoms with E-state index in [1.54, 1.807) is 12.1 Å². The zero-order chi connectivity index (χ0) is 18.7. The van der Waals surface area contributed by atoms with Crippen molar-refractivity contribution in [2.24, 2.45) is 10.7 Å². The highest BCUT2D eigenvalue weighted by molar-refractivity contribution is 14.0. The molecular formula is C19H21Cl2IN4O. The number of hydrogen-bond donors (Lipinski definition) is 3. The third-order valence-corrected chi connectivity index (χ3v) is 4.89. The van der Waals surface area contributed by atoms with Gasteiger partial charge in [-0.2, -0.15) is 0 Å². The molecule has 1 atom stereocenters. The molecule has 0 fully saturated rings. The largest absolute Gasteiger partial charge is 0.370 e. The number of benzene rings is 2. The highest BCUT2D eigenvalue weighted by atomic mass is 127. The summed E-state index contributed by atoms with van der Waals surface area (Å²) in [7, 11) is 0. The number of nitrogens with zero attached hydrogens (tertiary/aromatic N) is 1. The smallest absolute Gasteiger partial charge is 0.251 e. The van der Waals surface area contributed by atoms with Gasteiger partial charge in [0.25, 0.3) is 5.91 Å². The number of aliphatic imine (C=N–C) groups is 1. The Bertz CT molecular complexity index is 873. The number of carbonyl (C=O) groups excluding carboxylic acids is 1. The average molecular weight is 519 g/mol.